The van der Waals surface area contributed by atoms with Crippen LogP contribution in [0.2, 0.25) is 0 Å². The number of carboxylic acid groups (broad SMARTS) is 1. The van der Waals surface area contributed by atoms with E-state index in [1.54, 1.807) is 22.2 Å². The molecule has 2 fully saturated rings. The number of hydrogen-bond acceptors (Lipinski definition) is 7. The quantitative estimate of drug-likeness (QED) is 0.124. The van der Waals surface area contributed by atoms with Crippen LogP contribution in [0.25, 0.3) is 22.0 Å². The summed E-state index contributed by atoms with van der Waals surface area (Å²) in [5.74, 6) is 12.7. The Morgan fingerprint density at radius 1 is 0.789 bits per heavy atom. The van der Waals surface area contributed by atoms with Gasteiger partial charge >= 0.3 is 12.2 Å². The molecule has 0 aliphatic carbocycles. The topological polar surface area (TPSA) is 186 Å². The SMILES string of the molecule is COC(=O)N[C@H](C(=O)N1CCC[C@H]1c1ncc(C#CC#Cc2cccc3c(-c4cnc([C@@H]5CCCN5C(=O)[C@@H](NC(=O)O)C(C)C)[nH]4)cccc23)[nH]1)C(C)C.Cl.Cl. The number of aromatic amines is 2. The number of benzene rings is 2. The molecule has 5 N–H and O–H groups in total. The van der Waals surface area contributed by atoms with Crippen molar-refractivity contribution >= 4 is 59.6 Å². The van der Waals surface area contributed by atoms with Crippen molar-refractivity contribution in [2.24, 2.45) is 11.8 Å². The summed E-state index contributed by atoms with van der Waals surface area (Å²) in [7, 11) is 1.27. The van der Waals surface area contributed by atoms with Gasteiger partial charge < -0.3 is 40.2 Å². The maximum absolute atomic E-state index is 13.5. The lowest BCUT2D eigenvalue weighted by molar-refractivity contribution is -0.136. The van der Waals surface area contributed by atoms with Gasteiger partial charge in [-0.25, -0.2) is 19.6 Å². The molecule has 0 bridgehead atoms. The number of carbonyl (C=O) groups is 4. The fourth-order valence-corrected chi connectivity index (χ4v) is 7.40. The lowest BCUT2D eigenvalue weighted by atomic mass is 9.99. The number of imidazole rings is 2. The molecule has 0 spiro atoms. The zero-order chi connectivity index (χ0) is 39.2. The van der Waals surface area contributed by atoms with Gasteiger partial charge in [0.25, 0.3) is 0 Å². The fourth-order valence-electron chi connectivity index (χ4n) is 7.40. The van der Waals surface area contributed by atoms with E-state index in [4.69, 9.17) is 4.74 Å². The van der Waals surface area contributed by atoms with Crippen LogP contribution < -0.4 is 10.6 Å². The Kier molecular flexibility index (Phi) is 15.0. The molecule has 0 saturated carbocycles. The number of H-pyrrole nitrogens is 2. The molecule has 57 heavy (non-hydrogen) atoms. The van der Waals surface area contributed by atoms with Gasteiger partial charge in [0.1, 0.15) is 29.4 Å². The molecule has 14 nitrogen and oxygen atoms in total. The first-order valence-electron chi connectivity index (χ1n) is 18.6. The van der Waals surface area contributed by atoms with Crippen LogP contribution in [-0.4, -0.2) is 91.1 Å². The number of hydrogen-bond donors (Lipinski definition) is 5. The molecule has 4 aromatic rings. The van der Waals surface area contributed by atoms with E-state index in [1.165, 1.54) is 7.11 Å². The highest BCUT2D eigenvalue weighted by Crippen LogP contribution is 2.35. The van der Waals surface area contributed by atoms with Crippen LogP contribution in [0.15, 0.2) is 48.8 Å². The molecule has 2 saturated heterocycles. The van der Waals surface area contributed by atoms with E-state index in [1.807, 2.05) is 64.1 Å². The molecular weight excluding hydrogens is 771 g/mol. The number of rotatable bonds is 9. The van der Waals surface area contributed by atoms with Crippen molar-refractivity contribution in [3.63, 3.8) is 0 Å². The third-order valence-electron chi connectivity index (χ3n) is 10.2. The average Bonchev–Trinajstić information content (AvgIpc) is 4.00. The Morgan fingerprint density at radius 3 is 1.96 bits per heavy atom. The van der Waals surface area contributed by atoms with Crippen LogP contribution in [0.5, 0.6) is 0 Å². The number of likely N-dealkylation sites (tertiary alicyclic amines) is 2. The summed E-state index contributed by atoms with van der Waals surface area (Å²) in [6.07, 6.45) is 4.60. The van der Waals surface area contributed by atoms with Crippen molar-refractivity contribution in [1.29, 1.82) is 0 Å². The van der Waals surface area contributed by atoms with Gasteiger partial charge in [-0.05, 0) is 72.1 Å². The minimum Gasteiger partial charge on any atom is -0.465 e. The van der Waals surface area contributed by atoms with Crippen LogP contribution in [-0.2, 0) is 14.3 Å². The van der Waals surface area contributed by atoms with Crippen LogP contribution >= 0.6 is 24.8 Å². The van der Waals surface area contributed by atoms with Gasteiger partial charge in [-0.15, -0.1) is 24.8 Å². The summed E-state index contributed by atoms with van der Waals surface area (Å²) in [5, 5.41) is 16.3. The standard InChI is InChI=1S/C41H46N8O6.2ClH/c1-24(2)34(46-40(52)53)38(50)49-21-11-19-33(49)37-43-23-31(45-37)30-17-9-15-28-26(13-8-16-29(28)30)12-6-7-14-27-22-42-36(44-27)32-18-10-20-48(32)39(51)35(25(3)4)47-41(54)55-5;;/h8-9,13,15-17,22-25,32-35,46H,10-11,18-21H2,1-5H3,(H,42,44)(H,43,45)(H,47,54)(H,52,53);2*1H/t32-,33-,34-,35-;;/m0../s1. The van der Waals surface area contributed by atoms with E-state index in [0.29, 0.717) is 30.4 Å². The van der Waals surface area contributed by atoms with Crippen molar-refractivity contribution < 1.29 is 29.0 Å². The average molecular weight is 820 g/mol. The maximum atomic E-state index is 13.5. The number of carbonyl (C=O) groups excluding carboxylic acids is 3. The van der Waals surface area contributed by atoms with Crippen molar-refractivity contribution in [3.8, 4) is 34.9 Å². The Labute approximate surface area is 344 Å². The molecule has 16 heteroatoms. The second kappa shape index (κ2) is 19.4. The van der Waals surface area contributed by atoms with E-state index >= 15 is 0 Å². The molecule has 2 aromatic heterocycles. The summed E-state index contributed by atoms with van der Waals surface area (Å²) >= 11 is 0. The minimum atomic E-state index is -1.22. The minimum absolute atomic E-state index is 0. The van der Waals surface area contributed by atoms with Crippen molar-refractivity contribution in [2.75, 3.05) is 20.2 Å². The molecule has 4 amide bonds. The fraction of sp³-hybridized carbons (Fsp3) is 0.415. The third kappa shape index (κ3) is 9.82. The molecule has 0 unspecified atom stereocenters. The summed E-state index contributed by atoms with van der Waals surface area (Å²) in [4.78, 5) is 69.6. The monoisotopic (exact) mass is 818 g/mol. The van der Waals surface area contributed by atoms with E-state index < -0.39 is 24.3 Å². The lowest BCUT2D eigenvalue weighted by Gasteiger charge is -2.29. The zero-order valence-electron chi connectivity index (χ0n) is 32.4. The Hall–Kier alpha value is -5.70. The van der Waals surface area contributed by atoms with Crippen molar-refractivity contribution in [3.05, 3.63) is 71.7 Å². The number of nitrogens with one attached hydrogen (secondary N) is 4. The van der Waals surface area contributed by atoms with E-state index in [9.17, 15) is 24.3 Å². The number of alkyl carbamates (subject to hydrolysis) is 1. The Balaban J connectivity index is 0.00000360. The van der Waals surface area contributed by atoms with Gasteiger partial charge in [-0.3, -0.25) is 9.59 Å². The Bertz CT molecular complexity index is 2210. The molecular formula is C41H48Cl2N8O6. The normalized spacial score (nSPS) is 17.0. The molecule has 6 rings (SSSR count). The number of aromatic nitrogens is 4. The lowest BCUT2D eigenvalue weighted by Crippen LogP contribution is -2.51. The first-order chi connectivity index (χ1) is 26.5. The number of ether oxygens (including phenoxy) is 1. The second-order valence-corrected chi connectivity index (χ2v) is 14.5. The first-order valence-corrected chi connectivity index (χ1v) is 18.6. The second-order valence-electron chi connectivity index (χ2n) is 14.5. The van der Waals surface area contributed by atoms with Crippen molar-refractivity contribution in [1.82, 2.24) is 40.4 Å². The molecule has 2 aliphatic rings. The molecule has 302 valence electrons. The van der Waals surface area contributed by atoms with Crippen molar-refractivity contribution in [2.45, 2.75) is 77.5 Å². The predicted octanol–water partition coefficient (Wildman–Crippen LogP) is 6.20. The smallest absolute Gasteiger partial charge is 0.407 e. The number of halogens is 2. The molecule has 4 atom stereocenters. The Morgan fingerprint density at radius 2 is 1.35 bits per heavy atom. The number of methoxy groups -OCH3 is 1. The molecule has 0 radical (unpaired) electrons. The maximum Gasteiger partial charge on any atom is 0.407 e. The summed E-state index contributed by atoms with van der Waals surface area (Å²) in [6, 6.07) is 9.79. The number of nitrogens with zero attached hydrogens (tertiary/aromatic N) is 4. The highest BCUT2D eigenvalue weighted by atomic mass is 35.5. The highest BCUT2D eigenvalue weighted by molar-refractivity contribution is 5.99. The number of fused-ring (bicyclic) bond motifs is 1. The summed E-state index contributed by atoms with van der Waals surface area (Å²) in [5.41, 5.74) is 3.11. The van der Waals surface area contributed by atoms with Crippen LogP contribution in [0, 0.1) is 35.5 Å². The van der Waals surface area contributed by atoms with Gasteiger partial charge in [0, 0.05) is 24.2 Å². The van der Waals surface area contributed by atoms with Gasteiger partial charge in [-0.2, -0.15) is 0 Å². The van der Waals surface area contributed by atoms with Gasteiger partial charge in [0.2, 0.25) is 11.8 Å². The summed E-state index contributed by atoms with van der Waals surface area (Å²) in [6.45, 7) is 8.49. The van der Waals surface area contributed by atoms with Crippen LogP contribution in [0.1, 0.15) is 88.4 Å². The van der Waals surface area contributed by atoms with Crippen LogP contribution in [0.4, 0.5) is 9.59 Å². The number of amides is 4. The van der Waals surface area contributed by atoms with E-state index in [0.717, 1.165) is 53.3 Å². The van der Waals surface area contributed by atoms with Gasteiger partial charge in [-0.1, -0.05) is 63.9 Å². The molecule has 2 aliphatic heterocycles. The predicted molar refractivity (Wildman–Crippen MR) is 220 cm³/mol. The zero-order valence-corrected chi connectivity index (χ0v) is 34.1. The highest BCUT2D eigenvalue weighted by Gasteiger charge is 2.38. The van der Waals surface area contributed by atoms with Gasteiger partial charge in [0.05, 0.1) is 37.3 Å². The van der Waals surface area contributed by atoms with E-state index in [2.05, 4.69) is 54.3 Å². The van der Waals surface area contributed by atoms with E-state index in [-0.39, 0.29) is 60.5 Å². The third-order valence-corrected chi connectivity index (χ3v) is 10.2. The summed E-state index contributed by atoms with van der Waals surface area (Å²) < 4.78 is 4.73. The molecule has 4 heterocycles. The van der Waals surface area contributed by atoms with Crippen LogP contribution in [0.3, 0.4) is 0 Å². The van der Waals surface area contributed by atoms with Gasteiger partial charge in [0.15, 0.2) is 0 Å². The first kappa shape index (κ1) is 44.0. The largest absolute Gasteiger partial charge is 0.465 e. The molecule has 2 aromatic carbocycles.